The minimum atomic E-state index is -0.0773. The first-order valence-corrected chi connectivity index (χ1v) is 10.6. The molecule has 1 amide bonds. The number of nitrogen functional groups attached to an aromatic ring is 1. The molecule has 1 aliphatic heterocycles. The summed E-state index contributed by atoms with van der Waals surface area (Å²) in [6.07, 6.45) is 2.39. The molecule has 5 rings (SSSR count). The molecule has 8 nitrogen and oxygen atoms in total. The molecule has 1 aliphatic rings. The van der Waals surface area contributed by atoms with Crippen LogP contribution in [0, 0.1) is 0 Å². The number of aromatic nitrogens is 4. The van der Waals surface area contributed by atoms with Crippen molar-refractivity contribution in [1.82, 2.24) is 25.3 Å². The lowest BCUT2D eigenvalue weighted by Crippen LogP contribution is -2.30. The number of nitrogens with two attached hydrogens (primary N) is 1. The summed E-state index contributed by atoms with van der Waals surface area (Å²) in [5, 5.41) is 2.93. The average molecular weight is 428 g/mol. The van der Waals surface area contributed by atoms with Crippen LogP contribution in [-0.4, -0.2) is 38.5 Å². The Bertz CT molecular complexity index is 1310. The van der Waals surface area contributed by atoms with Gasteiger partial charge in [0.1, 0.15) is 11.6 Å². The van der Waals surface area contributed by atoms with Crippen molar-refractivity contribution in [3.05, 3.63) is 65.6 Å². The minimum absolute atomic E-state index is 0.0662. The third-order valence-corrected chi connectivity index (χ3v) is 5.51. The van der Waals surface area contributed by atoms with Gasteiger partial charge in [0, 0.05) is 23.4 Å². The Morgan fingerprint density at radius 2 is 2.06 bits per heavy atom. The molecule has 1 unspecified atom stereocenters. The van der Waals surface area contributed by atoms with E-state index in [-0.39, 0.29) is 23.8 Å². The van der Waals surface area contributed by atoms with Crippen molar-refractivity contribution >= 4 is 22.9 Å². The van der Waals surface area contributed by atoms with Crippen LogP contribution in [0.15, 0.2) is 48.7 Å². The monoisotopic (exact) mass is 428 g/mol. The summed E-state index contributed by atoms with van der Waals surface area (Å²) in [5.74, 6) is 1.91. The Morgan fingerprint density at radius 1 is 1.19 bits per heavy atom. The molecule has 162 valence electrons. The summed E-state index contributed by atoms with van der Waals surface area (Å²) in [6, 6.07) is 13.5. The van der Waals surface area contributed by atoms with E-state index >= 15 is 0 Å². The van der Waals surface area contributed by atoms with E-state index in [2.05, 4.69) is 20.3 Å². The number of imidazole rings is 1. The van der Waals surface area contributed by atoms with E-state index in [0.29, 0.717) is 12.2 Å². The first-order valence-electron chi connectivity index (χ1n) is 10.6. The third kappa shape index (κ3) is 3.87. The molecule has 0 saturated heterocycles. The zero-order chi connectivity index (χ0) is 22.2. The standard InChI is InChI=1S/C24H24N6O2/c1-13(2)27-23(31)15-4-6-21-16(9-15)10-17(12-32-21)22-28-19-5-3-14(11-20(19)29-22)18-7-8-26-24(25)30-18/h3-9,11,13,17H,10,12H2,1-2H3,(H,27,31)(H,28,29)(H2,25,26,30). The van der Waals surface area contributed by atoms with Crippen molar-refractivity contribution in [2.75, 3.05) is 12.3 Å². The molecule has 2 aromatic carbocycles. The lowest BCUT2D eigenvalue weighted by Gasteiger charge is -2.24. The zero-order valence-electron chi connectivity index (χ0n) is 17.9. The van der Waals surface area contributed by atoms with Crippen LogP contribution in [0.25, 0.3) is 22.3 Å². The van der Waals surface area contributed by atoms with E-state index in [4.69, 9.17) is 15.5 Å². The Balaban J connectivity index is 1.41. The predicted molar refractivity (Wildman–Crippen MR) is 123 cm³/mol. The van der Waals surface area contributed by atoms with Crippen LogP contribution in [-0.2, 0) is 6.42 Å². The number of nitrogens with one attached hydrogen (secondary N) is 2. The van der Waals surface area contributed by atoms with Gasteiger partial charge in [-0.05, 0) is 62.2 Å². The van der Waals surface area contributed by atoms with Gasteiger partial charge in [0.15, 0.2) is 0 Å². The van der Waals surface area contributed by atoms with E-state index in [9.17, 15) is 4.79 Å². The number of anilines is 1. The topological polar surface area (TPSA) is 119 Å². The normalized spacial score (nSPS) is 15.4. The maximum atomic E-state index is 12.4. The molecule has 0 fully saturated rings. The second-order valence-corrected chi connectivity index (χ2v) is 8.32. The molecule has 2 aromatic heterocycles. The van der Waals surface area contributed by atoms with E-state index in [1.807, 2.05) is 50.2 Å². The second-order valence-electron chi connectivity index (χ2n) is 8.32. The van der Waals surface area contributed by atoms with Crippen LogP contribution < -0.4 is 15.8 Å². The van der Waals surface area contributed by atoms with Gasteiger partial charge in [-0.15, -0.1) is 0 Å². The quantitative estimate of drug-likeness (QED) is 0.458. The molecule has 8 heteroatoms. The summed E-state index contributed by atoms with van der Waals surface area (Å²) in [5.41, 5.74) is 10.8. The van der Waals surface area contributed by atoms with Crippen LogP contribution in [0.2, 0.25) is 0 Å². The molecule has 0 bridgehead atoms. The van der Waals surface area contributed by atoms with Crippen LogP contribution in [0.4, 0.5) is 5.95 Å². The molecule has 1 atom stereocenters. The number of carbonyl (C=O) groups excluding carboxylic acids is 1. The van der Waals surface area contributed by atoms with Gasteiger partial charge in [-0.2, -0.15) is 0 Å². The summed E-state index contributed by atoms with van der Waals surface area (Å²) in [4.78, 5) is 28.9. The SMILES string of the molecule is CC(C)NC(=O)c1ccc2c(c1)CC(c1nc3cc(-c4ccnc(N)n4)ccc3[nH]1)CO2. The van der Waals surface area contributed by atoms with Gasteiger partial charge in [-0.1, -0.05) is 6.07 Å². The smallest absolute Gasteiger partial charge is 0.251 e. The van der Waals surface area contributed by atoms with Crippen LogP contribution >= 0.6 is 0 Å². The molecule has 4 aromatic rings. The van der Waals surface area contributed by atoms with Gasteiger partial charge in [-0.25, -0.2) is 15.0 Å². The number of fused-ring (bicyclic) bond motifs is 2. The Kier molecular flexibility index (Phi) is 4.97. The van der Waals surface area contributed by atoms with Crippen LogP contribution in [0.5, 0.6) is 5.75 Å². The maximum absolute atomic E-state index is 12.4. The number of benzene rings is 2. The first kappa shape index (κ1) is 20.0. The lowest BCUT2D eigenvalue weighted by molar-refractivity contribution is 0.0943. The fourth-order valence-electron chi connectivity index (χ4n) is 3.97. The molecule has 0 spiro atoms. The number of hydrogen-bond acceptors (Lipinski definition) is 6. The van der Waals surface area contributed by atoms with Gasteiger partial charge in [0.25, 0.3) is 5.91 Å². The fraction of sp³-hybridized carbons (Fsp3) is 0.250. The predicted octanol–water partition coefficient (Wildman–Crippen LogP) is 3.46. The van der Waals surface area contributed by atoms with Gasteiger partial charge in [0.2, 0.25) is 5.95 Å². The number of carbonyl (C=O) groups is 1. The van der Waals surface area contributed by atoms with Crippen molar-refractivity contribution in [2.24, 2.45) is 0 Å². The van der Waals surface area contributed by atoms with Crippen molar-refractivity contribution in [2.45, 2.75) is 32.2 Å². The van der Waals surface area contributed by atoms with E-state index in [1.54, 1.807) is 12.3 Å². The second kappa shape index (κ2) is 7.96. The minimum Gasteiger partial charge on any atom is -0.493 e. The molecular weight excluding hydrogens is 404 g/mol. The molecule has 0 saturated carbocycles. The fourth-order valence-corrected chi connectivity index (χ4v) is 3.97. The van der Waals surface area contributed by atoms with E-state index < -0.39 is 0 Å². The largest absolute Gasteiger partial charge is 0.493 e. The molecule has 0 aliphatic carbocycles. The summed E-state index contributed by atoms with van der Waals surface area (Å²) < 4.78 is 5.99. The summed E-state index contributed by atoms with van der Waals surface area (Å²) in [6.45, 7) is 4.42. The van der Waals surface area contributed by atoms with Gasteiger partial charge in [-0.3, -0.25) is 4.79 Å². The summed E-state index contributed by atoms with van der Waals surface area (Å²) >= 11 is 0. The number of aromatic amines is 1. The average Bonchev–Trinajstić information content (AvgIpc) is 3.21. The number of nitrogens with zero attached hydrogens (tertiary/aromatic N) is 3. The van der Waals surface area contributed by atoms with Gasteiger partial charge >= 0.3 is 0 Å². The molecule has 3 heterocycles. The van der Waals surface area contributed by atoms with Crippen LogP contribution in [0.3, 0.4) is 0 Å². The third-order valence-electron chi connectivity index (χ3n) is 5.51. The highest BCUT2D eigenvalue weighted by molar-refractivity contribution is 5.94. The zero-order valence-corrected chi connectivity index (χ0v) is 17.9. The Morgan fingerprint density at radius 3 is 2.88 bits per heavy atom. The highest BCUT2D eigenvalue weighted by Gasteiger charge is 2.25. The lowest BCUT2D eigenvalue weighted by atomic mass is 9.94. The summed E-state index contributed by atoms with van der Waals surface area (Å²) in [7, 11) is 0. The maximum Gasteiger partial charge on any atom is 0.251 e. The molecule has 0 radical (unpaired) electrons. The highest BCUT2D eigenvalue weighted by Crippen LogP contribution is 2.33. The number of hydrogen-bond donors (Lipinski definition) is 3. The van der Waals surface area contributed by atoms with E-state index in [0.717, 1.165) is 45.8 Å². The molecule has 4 N–H and O–H groups in total. The highest BCUT2D eigenvalue weighted by atomic mass is 16.5. The van der Waals surface area contributed by atoms with Crippen molar-refractivity contribution in [3.8, 4) is 17.0 Å². The van der Waals surface area contributed by atoms with Gasteiger partial charge in [0.05, 0.1) is 29.3 Å². The van der Waals surface area contributed by atoms with Crippen molar-refractivity contribution in [1.29, 1.82) is 0 Å². The Labute approximate surface area is 185 Å². The van der Waals surface area contributed by atoms with Gasteiger partial charge < -0.3 is 20.8 Å². The van der Waals surface area contributed by atoms with E-state index in [1.165, 1.54) is 0 Å². The molecule has 32 heavy (non-hydrogen) atoms. The Hall–Kier alpha value is -3.94. The number of H-pyrrole nitrogens is 1. The molecular formula is C24H24N6O2. The van der Waals surface area contributed by atoms with Crippen molar-refractivity contribution in [3.63, 3.8) is 0 Å². The van der Waals surface area contributed by atoms with Crippen molar-refractivity contribution < 1.29 is 9.53 Å². The first-order chi connectivity index (χ1) is 15.5. The van der Waals surface area contributed by atoms with Crippen LogP contribution in [0.1, 0.15) is 41.5 Å². The number of amides is 1. The number of rotatable bonds is 4. The number of ether oxygens (including phenoxy) is 1.